The van der Waals surface area contributed by atoms with Crippen LogP contribution in [0.25, 0.3) is 10.4 Å². The van der Waals surface area contributed by atoms with Gasteiger partial charge in [0.2, 0.25) is 0 Å². The third kappa shape index (κ3) is 1.33. The molecule has 0 radical (unpaired) electrons. The Morgan fingerprint density at radius 1 is 1.40 bits per heavy atom. The molecule has 3 rings (SSSR count). The molecular formula is C11H9FN2S. The van der Waals surface area contributed by atoms with Crippen molar-refractivity contribution < 1.29 is 4.39 Å². The predicted octanol–water partition coefficient (Wildman–Crippen LogP) is 2.92. The number of aromatic nitrogens is 1. The van der Waals surface area contributed by atoms with Gasteiger partial charge >= 0.3 is 0 Å². The van der Waals surface area contributed by atoms with Crippen LogP contribution < -0.4 is 5.32 Å². The fourth-order valence-corrected chi connectivity index (χ4v) is 2.74. The van der Waals surface area contributed by atoms with Crippen LogP contribution in [0.15, 0.2) is 23.7 Å². The van der Waals surface area contributed by atoms with E-state index < -0.39 is 0 Å². The van der Waals surface area contributed by atoms with Crippen molar-refractivity contribution in [3.63, 3.8) is 0 Å². The van der Waals surface area contributed by atoms with Crippen LogP contribution in [0, 0.1) is 5.82 Å². The number of nitrogens with one attached hydrogen (secondary N) is 1. The molecular weight excluding hydrogens is 211 g/mol. The van der Waals surface area contributed by atoms with Crippen LogP contribution in [0.3, 0.4) is 0 Å². The maximum atomic E-state index is 13.6. The average molecular weight is 220 g/mol. The van der Waals surface area contributed by atoms with Gasteiger partial charge in [-0.2, -0.15) is 0 Å². The summed E-state index contributed by atoms with van der Waals surface area (Å²) >= 11 is 1.57. The van der Waals surface area contributed by atoms with Gasteiger partial charge in [0.15, 0.2) is 0 Å². The second-order valence-electron chi connectivity index (χ2n) is 3.47. The zero-order valence-corrected chi connectivity index (χ0v) is 8.77. The second kappa shape index (κ2) is 3.31. The molecule has 2 aromatic rings. The number of para-hydroxylation sites is 1. The quantitative estimate of drug-likeness (QED) is 0.738. The van der Waals surface area contributed by atoms with Crippen molar-refractivity contribution in [3.05, 3.63) is 35.2 Å². The third-order valence-corrected chi connectivity index (χ3v) is 3.47. The number of nitrogens with zero attached hydrogens (tertiary/aromatic N) is 1. The first-order valence-corrected chi connectivity index (χ1v) is 5.69. The van der Waals surface area contributed by atoms with Gasteiger partial charge < -0.3 is 5.32 Å². The molecule has 2 heterocycles. The van der Waals surface area contributed by atoms with E-state index in [2.05, 4.69) is 10.3 Å². The maximum absolute atomic E-state index is 13.6. The van der Waals surface area contributed by atoms with E-state index in [-0.39, 0.29) is 5.82 Å². The van der Waals surface area contributed by atoms with Gasteiger partial charge in [-0.3, -0.25) is 0 Å². The molecule has 1 aromatic carbocycles. The molecule has 0 aliphatic carbocycles. The molecule has 4 heteroatoms. The fraction of sp³-hybridized carbons (Fsp3) is 0.182. The van der Waals surface area contributed by atoms with E-state index in [0.717, 1.165) is 29.1 Å². The topological polar surface area (TPSA) is 24.9 Å². The summed E-state index contributed by atoms with van der Waals surface area (Å²) < 4.78 is 13.6. The smallest absolute Gasteiger partial charge is 0.146 e. The Balaban J connectivity index is 2.29. The van der Waals surface area contributed by atoms with Crippen molar-refractivity contribution in [2.24, 2.45) is 0 Å². The van der Waals surface area contributed by atoms with E-state index in [1.54, 1.807) is 17.4 Å². The van der Waals surface area contributed by atoms with Crippen LogP contribution in [0.1, 0.15) is 5.69 Å². The Labute approximate surface area is 90.8 Å². The van der Waals surface area contributed by atoms with E-state index in [9.17, 15) is 4.39 Å². The first-order chi connectivity index (χ1) is 7.36. The first-order valence-electron chi connectivity index (χ1n) is 4.81. The fourth-order valence-electron chi connectivity index (χ4n) is 1.87. The van der Waals surface area contributed by atoms with Gasteiger partial charge in [0.05, 0.1) is 21.8 Å². The highest BCUT2D eigenvalue weighted by molar-refractivity contribution is 7.13. The Morgan fingerprint density at radius 2 is 2.33 bits per heavy atom. The second-order valence-corrected chi connectivity index (χ2v) is 4.32. The zero-order chi connectivity index (χ0) is 10.3. The number of halogens is 1. The molecule has 76 valence electrons. The Hall–Kier alpha value is -1.42. The lowest BCUT2D eigenvalue weighted by molar-refractivity contribution is 0.631. The van der Waals surface area contributed by atoms with Crippen molar-refractivity contribution in [1.82, 2.24) is 4.98 Å². The molecule has 0 atom stereocenters. The summed E-state index contributed by atoms with van der Waals surface area (Å²) in [6.07, 6.45) is 0.854. The Morgan fingerprint density at radius 3 is 3.27 bits per heavy atom. The first kappa shape index (κ1) is 8.85. The molecule has 1 aliphatic rings. The summed E-state index contributed by atoms with van der Waals surface area (Å²) in [5.74, 6) is -0.186. The normalized spacial score (nSPS) is 13.7. The Bertz CT molecular complexity index is 507. The predicted molar refractivity (Wildman–Crippen MR) is 59.7 cm³/mol. The van der Waals surface area contributed by atoms with Gasteiger partial charge in [-0.1, -0.05) is 12.1 Å². The maximum Gasteiger partial charge on any atom is 0.146 e. The molecule has 2 nitrogen and oxygen atoms in total. The van der Waals surface area contributed by atoms with E-state index >= 15 is 0 Å². The summed E-state index contributed by atoms with van der Waals surface area (Å²) in [6.45, 7) is 0.741. The highest BCUT2D eigenvalue weighted by Crippen LogP contribution is 2.37. The minimum atomic E-state index is -0.186. The molecule has 1 aromatic heterocycles. The number of hydrogen-bond acceptors (Lipinski definition) is 3. The van der Waals surface area contributed by atoms with E-state index in [4.69, 9.17) is 0 Å². The highest BCUT2D eigenvalue weighted by Gasteiger charge is 2.18. The molecule has 15 heavy (non-hydrogen) atoms. The van der Waals surface area contributed by atoms with Crippen molar-refractivity contribution in [1.29, 1.82) is 0 Å². The number of hydrogen-bond donors (Lipinski definition) is 1. The van der Waals surface area contributed by atoms with Crippen molar-refractivity contribution >= 4 is 17.0 Å². The number of benzene rings is 1. The van der Waals surface area contributed by atoms with Crippen molar-refractivity contribution in [3.8, 4) is 10.4 Å². The summed E-state index contributed by atoms with van der Waals surface area (Å²) in [7, 11) is 0. The van der Waals surface area contributed by atoms with Crippen LogP contribution in [0.2, 0.25) is 0 Å². The number of anilines is 1. The lowest BCUT2D eigenvalue weighted by Crippen LogP contribution is -2.04. The van der Waals surface area contributed by atoms with Crippen LogP contribution in [0.5, 0.6) is 0 Å². The van der Waals surface area contributed by atoms with Gasteiger partial charge in [-0.05, 0) is 6.07 Å². The minimum absolute atomic E-state index is 0.186. The van der Waals surface area contributed by atoms with Crippen molar-refractivity contribution in [2.75, 3.05) is 11.9 Å². The Kier molecular flexibility index (Phi) is 1.95. The average Bonchev–Trinajstić information content (AvgIpc) is 2.62. The molecule has 0 spiro atoms. The SMILES string of the molecule is Fc1cccc2c1NCCc1ncsc1-2. The molecule has 0 saturated carbocycles. The van der Waals surface area contributed by atoms with Crippen LogP contribution in [-0.2, 0) is 6.42 Å². The van der Waals surface area contributed by atoms with E-state index in [0.29, 0.717) is 5.69 Å². The monoisotopic (exact) mass is 220 g/mol. The van der Waals surface area contributed by atoms with Gasteiger partial charge in [0.25, 0.3) is 0 Å². The van der Waals surface area contributed by atoms with Crippen LogP contribution >= 0.6 is 11.3 Å². The molecule has 0 fully saturated rings. The summed E-state index contributed by atoms with van der Waals surface area (Å²) in [5.41, 5.74) is 4.44. The minimum Gasteiger partial charge on any atom is -0.382 e. The van der Waals surface area contributed by atoms with E-state index in [1.807, 2.05) is 11.6 Å². The molecule has 0 saturated heterocycles. The highest BCUT2D eigenvalue weighted by atomic mass is 32.1. The molecule has 0 bridgehead atoms. The molecule has 1 N–H and O–H groups in total. The molecule has 0 unspecified atom stereocenters. The summed E-state index contributed by atoms with van der Waals surface area (Å²) in [6, 6.07) is 5.16. The molecule has 0 amide bonds. The third-order valence-electron chi connectivity index (χ3n) is 2.56. The van der Waals surface area contributed by atoms with E-state index in [1.165, 1.54) is 6.07 Å². The largest absolute Gasteiger partial charge is 0.382 e. The van der Waals surface area contributed by atoms with Crippen LogP contribution in [-0.4, -0.2) is 11.5 Å². The van der Waals surface area contributed by atoms with Gasteiger partial charge in [0, 0.05) is 18.5 Å². The van der Waals surface area contributed by atoms with Gasteiger partial charge in [-0.15, -0.1) is 11.3 Å². The van der Waals surface area contributed by atoms with Gasteiger partial charge in [-0.25, -0.2) is 9.37 Å². The lowest BCUT2D eigenvalue weighted by Gasteiger charge is -2.07. The van der Waals surface area contributed by atoms with Crippen LogP contribution in [0.4, 0.5) is 10.1 Å². The zero-order valence-electron chi connectivity index (χ0n) is 7.96. The van der Waals surface area contributed by atoms with Gasteiger partial charge in [0.1, 0.15) is 5.82 Å². The summed E-state index contributed by atoms with van der Waals surface area (Å²) in [5, 5.41) is 3.12. The number of thiazole rings is 1. The number of fused-ring (bicyclic) bond motifs is 3. The summed E-state index contributed by atoms with van der Waals surface area (Å²) in [4.78, 5) is 5.39. The standard InChI is InChI=1S/C11H9FN2S/c12-8-3-1-2-7-10(8)13-5-4-9-11(7)15-6-14-9/h1-3,6,13H,4-5H2. The lowest BCUT2D eigenvalue weighted by atomic mass is 10.1. The molecule has 1 aliphatic heterocycles. The van der Waals surface area contributed by atoms with Crippen molar-refractivity contribution in [2.45, 2.75) is 6.42 Å². The number of rotatable bonds is 0.